The van der Waals surface area contributed by atoms with Gasteiger partial charge in [-0.05, 0) is 35.9 Å². The summed E-state index contributed by atoms with van der Waals surface area (Å²) in [6, 6.07) is 22.8. The zero-order chi connectivity index (χ0) is 19.0. The predicted molar refractivity (Wildman–Crippen MR) is 106 cm³/mol. The number of rotatable bonds is 4. The first-order valence-electron chi connectivity index (χ1n) is 8.47. The summed E-state index contributed by atoms with van der Waals surface area (Å²) in [4.78, 5) is 12.3. The van der Waals surface area contributed by atoms with E-state index in [2.05, 4.69) is 0 Å². The van der Waals surface area contributed by atoms with Crippen molar-refractivity contribution < 1.29 is 13.2 Å². The van der Waals surface area contributed by atoms with Crippen molar-refractivity contribution in [1.82, 2.24) is 4.57 Å². The highest BCUT2D eigenvalue weighted by Gasteiger charge is 2.21. The lowest BCUT2D eigenvalue weighted by Crippen LogP contribution is -2.01. The van der Waals surface area contributed by atoms with Crippen LogP contribution in [0.3, 0.4) is 0 Å². The molecule has 134 valence electrons. The van der Waals surface area contributed by atoms with Crippen LogP contribution in [0, 0.1) is 0 Å². The van der Waals surface area contributed by atoms with Gasteiger partial charge in [-0.2, -0.15) is 0 Å². The minimum atomic E-state index is -3.65. The monoisotopic (exact) mass is 375 g/mol. The summed E-state index contributed by atoms with van der Waals surface area (Å²) in [5.41, 5.74) is 2.98. The molecule has 3 aromatic carbocycles. The van der Waals surface area contributed by atoms with Crippen LogP contribution in [0.1, 0.15) is 10.4 Å². The van der Waals surface area contributed by atoms with Crippen LogP contribution in [0.5, 0.6) is 0 Å². The van der Waals surface area contributed by atoms with Crippen molar-refractivity contribution in [3.8, 4) is 11.3 Å². The fourth-order valence-electron chi connectivity index (χ4n) is 3.42. The highest BCUT2D eigenvalue weighted by molar-refractivity contribution is 7.91. The fourth-order valence-corrected chi connectivity index (χ4v) is 4.73. The van der Waals surface area contributed by atoms with Gasteiger partial charge in [-0.3, -0.25) is 4.79 Å². The summed E-state index contributed by atoms with van der Waals surface area (Å²) in [5.74, 6) is 0. The highest BCUT2D eigenvalue weighted by atomic mass is 32.2. The molecule has 0 aliphatic carbocycles. The van der Waals surface area contributed by atoms with Gasteiger partial charge in [-0.1, -0.05) is 48.5 Å². The summed E-state index contributed by atoms with van der Waals surface area (Å²) in [6.45, 7) is 0. The molecule has 0 amide bonds. The van der Waals surface area contributed by atoms with E-state index in [9.17, 15) is 13.2 Å². The first-order chi connectivity index (χ1) is 13.0. The number of sulfone groups is 1. The molecule has 4 rings (SSSR count). The Labute approximate surface area is 157 Å². The molecule has 4 nitrogen and oxygen atoms in total. The first-order valence-corrected chi connectivity index (χ1v) is 9.95. The number of fused-ring (bicyclic) bond motifs is 1. The molecule has 5 heteroatoms. The van der Waals surface area contributed by atoms with Gasteiger partial charge in [0.2, 0.25) is 9.84 Å². The van der Waals surface area contributed by atoms with Gasteiger partial charge in [0.15, 0.2) is 6.29 Å². The number of aldehydes is 1. The molecule has 4 aromatic rings. The third-order valence-electron chi connectivity index (χ3n) is 4.74. The fraction of sp³-hybridized carbons (Fsp3) is 0.0455. The maximum absolute atomic E-state index is 12.9. The van der Waals surface area contributed by atoms with Crippen LogP contribution in [0.15, 0.2) is 88.7 Å². The van der Waals surface area contributed by atoms with Crippen molar-refractivity contribution >= 4 is 27.0 Å². The molecule has 0 aliphatic rings. The summed E-state index contributed by atoms with van der Waals surface area (Å²) in [7, 11) is -1.77. The first kappa shape index (κ1) is 17.2. The summed E-state index contributed by atoms with van der Waals surface area (Å²) in [5, 5.41) is 0.628. The summed E-state index contributed by atoms with van der Waals surface area (Å²) < 4.78 is 27.8. The van der Waals surface area contributed by atoms with Crippen LogP contribution < -0.4 is 0 Å². The van der Waals surface area contributed by atoms with Gasteiger partial charge in [0.05, 0.1) is 15.5 Å². The van der Waals surface area contributed by atoms with Crippen LogP contribution in [0.25, 0.3) is 22.2 Å². The molecular weight excluding hydrogens is 358 g/mol. The Morgan fingerprint density at radius 3 is 2.07 bits per heavy atom. The van der Waals surface area contributed by atoms with Crippen molar-refractivity contribution in [2.45, 2.75) is 9.79 Å². The maximum atomic E-state index is 12.9. The largest absolute Gasteiger partial charge is 0.343 e. The minimum Gasteiger partial charge on any atom is -0.343 e. The molecule has 0 fully saturated rings. The predicted octanol–water partition coefficient (Wildman–Crippen LogP) is 4.49. The minimum absolute atomic E-state index is 0.175. The van der Waals surface area contributed by atoms with Crippen LogP contribution in [-0.2, 0) is 16.9 Å². The van der Waals surface area contributed by atoms with Crippen molar-refractivity contribution in [1.29, 1.82) is 0 Å². The van der Waals surface area contributed by atoms with E-state index in [0.29, 0.717) is 10.9 Å². The lowest BCUT2D eigenvalue weighted by Gasteiger charge is -2.06. The number of carbonyl (C=O) groups excluding carboxylic acids is 1. The van der Waals surface area contributed by atoms with Gasteiger partial charge in [-0.15, -0.1) is 0 Å². The van der Waals surface area contributed by atoms with E-state index in [-0.39, 0.29) is 9.79 Å². The van der Waals surface area contributed by atoms with E-state index < -0.39 is 9.84 Å². The molecular formula is C22H17NO3S. The SMILES string of the molecule is Cn1c(-c2ccccc2)c(C=O)c2cc(S(=O)(=O)c3ccccc3)ccc21. The second-order valence-electron chi connectivity index (χ2n) is 6.30. The van der Waals surface area contributed by atoms with Gasteiger partial charge in [0.25, 0.3) is 0 Å². The van der Waals surface area contributed by atoms with E-state index in [4.69, 9.17) is 0 Å². The molecule has 0 bridgehead atoms. The number of carbonyl (C=O) groups is 1. The molecule has 0 radical (unpaired) electrons. The van der Waals surface area contributed by atoms with Gasteiger partial charge in [0, 0.05) is 23.5 Å². The lowest BCUT2D eigenvalue weighted by molar-refractivity contribution is 0.112. The molecule has 0 N–H and O–H groups in total. The number of hydrogen-bond acceptors (Lipinski definition) is 3. The molecule has 0 saturated carbocycles. The van der Waals surface area contributed by atoms with Crippen LogP contribution in [-0.4, -0.2) is 19.3 Å². The molecule has 0 atom stereocenters. The number of aromatic nitrogens is 1. The zero-order valence-electron chi connectivity index (χ0n) is 14.7. The Morgan fingerprint density at radius 2 is 1.44 bits per heavy atom. The molecule has 1 heterocycles. The van der Waals surface area contributed by atoms with E-state index in [0.717, 1.165) is 23.1 Å². The standard InChI is InChI=1S/C22H17NO3S/c1-23-21-13-12-18(27(25,26)17-10-6-3-7-11-17)14-19(21)20(15-24)22(23)16-8-4-2-5-9-16/h2-15H,1H3. The Bertz CT molecular complexity index is 1240. The van der Waals surface area contributed by atoms with E-state index in [1.807, 2.05) is 41.9 Å². The van der Waals surface area contributed by atoms with Crippen molar-refractivity contribution in [2.75, 3.05) is 0 Å². The molecule has 0 unspecified atom stereocenters. The number of nitrogens with zero attached hydrogens (tertiary/aromatic N) is 1. The molecule has 0 spiro atoms. The number of hydrogen-bond donors (Lipinski definition) is 0. The van der Waals surface area contributed by atoms with Gasteiger partial charge in [-0.25, -0.2) is 8.42 Å². The smallest absolute Gasteiger partial charge is 0.206 e. The van der Waals surface area contributed by atoms with E-state index in [1.165, 1.54) is 0 Å². The molecule has 27 heavy (non-hydrogen) atoms. The Hall–Kier alpha value is -3.18. The maximum Gasteiger partial charge on any atom is 0.206 e. The average molecular weight is 375 g/mol. The lowest BCUT2D eigenvalue weighted by atomic mass is 10.1. The van der Waals surface area contributed by atoms with Crippen molar-refractivity contribution in [3.05, 3.63) is 84.4 Å². The molecule has 1 aromatic heterocycles. The van der Waals surface area contributed by atoms with Crippen molar-refractivity contribution in [3.63, 3.8) is 0 Å². The highest BCUT2D eigenvalue weighted by Crippen LogP contribution is 2.34. The second-order valence-corrected chi connectivity index (χ2v) is 8.25. The third-order valence-corrected chi connectivity index (χ3v) is 6.51. The molecule has 0 aliphatic heterocycles. The van der Waals surface area contributed by atoms with Crippen molar-refractivity contribution in [2.24, 2.45) is 7.05 Å². The normalized spacial score (nSPS) is 11.6. The Kier molecular flexibility index (Phi) is 4.16. The topological polar surface area (TPSA) is 56.1 Å². The van der Waals surface area contributed by atoms with Crippen LogP contribution in [0.4, 0.5) is 0 Å². The van der Waals surface area contributed by atoms with Gasteiger partial charge < -0.3 is 4.57 Å². The zero-order valence-corrected chi connectivity index (χ0v) is 15.5. The quantitative estimate of drug-likeness (QED) is 0.494. The number of benzene rings is 3. The second kappa shape index (κ2) is 6.52. The third kappa shape index (κ3) is 2.76. The molecule has 0 saturated heterocycles. The van der Waals surface area contributed by atoms with Gasteiger partial charge in [0.1, 0.15) is 0 Å². The van der Waals surface area contributed by atoms with E-state index >= 15 is 0 Å². The van der Waals surface area contributed by atoms with Crippen LogP contribution >= 0.6 is 0 Å². The number of aryl methyl sites for hydroxylation is 1. The average Bonchev–Trinajstić information content (AvgIpc) is 3.00. The van der Waals surface area contributed by atoms with Crippen LogP contribution in [0.2, 0.25) is 0 Å². The Morgan fingerprint density at radius 1 is 0.815 bits per heavy atom. The summed E-state index contributed by atoms with van der Waals surface area (Å²) in [6.07, 6.45) is 0.795. The van der Waals surface area contributed by atoms with E-state index in [1.54, 1.807) is 48.5 Å². The summed E-state index contributed by atoms with van der Waals surface area (Å²) >= 11 is 0. The van der Waals surface area contributed by atoms with Gasteiger partial charge >= 0.3 is 0 Å². The Balaban J connectivity index is 1.98.